The summed E-state index contributed by atoms with van der Waals surface area (Å²) in [6.07, 6.45) is 1.23. The number of aliphatic hydroxyl groups excluding tert-OH is 1. The van der Waals surface area contributed by atoms with Crippen LogP contribution in [0.5, 0.6) is 5.88 Å². The van der Waals surface area contributed by atoms with Crippen LogP contribution in [0.25, 0.3) is 0 Å². The fourth-order valence-corrected chi connectivity index (χ4v) is 2.24. The number of nitrogens with zero attached hydrogens (tertiary/aromatic N) is 1. The van der Waals surface area contributed by atoms with E-state index in [1.165, 1.54) is 0 Å². The summed E-state index contributed by atoms with van der Waals surface area (Å²) in [6, 6.07) is 11.4. The van der Waals surface area contributed by atoms with Crippen LogP contribution in [-0.4, -0.2) is 23.7 Å². The van der Waals surface area contributed by atoms with E-state index in [0.717, 1.165) is 15.6 Å². The van der Waals surface area contributed by atoms with Crippen LogP contribution in [0.4, 0.5) is 0 Å². The van der Waals surface area contributed by atoms with Gasteiger partial charge in [-0.1, -0.05) is 34.1 Å². The summed E-state index contributed by atoms with van der Waals surface area (Å²) in [7, 11) is 1.59. The molecule has 0 aliphatic carbocycles. The lowest BCUT2D eigenvalue weighted by Gasteiger charge is -2.12. The molecule has 0 saturated heterocycles. The normalized spacial score (nSPS) is 12.2. The molecule has 106 valence electrons. The van der Waals surface area contributed by atoms with Gasteiger partial charge in [-0.15, -0.1) is 0 Å². The molecule has 0 amide bonds. The summed E-state index contributed by atoms with van der Waals surface area (Å²) in [4.78, 5) is 4.13. The third-order valence-electron chi connectivity index (χ3n) is 2.91. The van der Waals surface area contributed by atoms with Crippen molar-refractivity contribution < 1.29 is 9.84 Å². The predicted octanol–water partition coefficient (Wildman–Crippen LogP) is 2.68. The van der Waals surface area contributed by atoms with Gasteiger partial charge in [0.2, 0.25) is 5.88 Å². The van der Waals surface area contributed by atoms with Crippen molar-refractivity contribution in [2.45, 2.75) is 12.6 Å². The van der Waals surface area contributed by atoms with Gasteiger partial charge in [0.25, 0.3) is 0 Å². The summed E-state index contributed by atoms with van der Waals surface area (Å²) < 4.78 is 5.97. The van der Waals surface area contributed by atoms with E-state index in [1.54, 1.807) is 13.3 Å². The van der Waals surface area contributed by atoms with Crippen molar-refractivity contribution in [3.63, 3.8) is 0 Å². The number of rotatable bonds is 6. The Kier molecular flexibility index (Phi) is 5.52. The number of nitrogens with one attached hydrogen (secondary N) is 1. The molecule has 0 aliphatic heterocycles. The highest BCUT2D eigenvalue weighted by Crippen LogP contribution is 2.17. The second-order valence-corrected chi connectivity index (χ2v) is 5.33. The molecule has 1 unspecified atom stereocenters. The number of methoxy groups -OCH3 is 1. The van der Waals surface area contributed by atoms with Gasteiger partial charge in [0.15, 0.2) is 0 Å². The minimum atomic E-state index is -0.529. The molecule has 0 bridgehead atoms. The summed E-state index contributed by atoms with van der Waals surface area (Å²) in [5, 5.41) is 13.3. The molecule has 5 heteroatoms. The second kappa shape index (κ2) is 7.38. The molecule has 20 heavy (non-hydrogen) atoms. The largest absolute Gasteiger partial charge is 0.481 e. The number of aliphatic hydroxyl groups is 1. The van der Waals surface area contributed by atoms with Crippen LogP contribution in [0.1, 0.15) is 17.2 Å². The fraction of sp³-hybridized carbons (Fsp3) is 0.267. The molecule has 0 saturated carbocycles. The molecule has 0 fully saturated rings. The third kappa shape index (κ3) is 4.30. The molecule has 1 heterocycles. The van der Waals surface area contributed by atoms with Gasteiger partial charge in [-0.3, -0.25) is 0 Å². The summed E-state index contributed by atoms with van der Waals surface area (Å²) in [5.41, 5.74) is 1.94. The van der Waals surface area contributed by atoms with E-state index >= 15 is 0 Å². The Bertz CT molecular complexity index is 546. The Balaban J connectivity index is 1.82. The van der Waals surface area contributed by atoms with Crippen molar-refractivity contribution in [3.8, 4) is 5.88 Å². The SMILES string of the molecule is COc1ccc(CNCC(O)c2cccc(Br)c2)cn1. The Morgan fingerprint density at radius 3 is 2.85 bits per heavy atom. The molecule has 0 radical (unpaired) electrons. The summed E-state index contributed by atoms with van der Waals surface area (Å²) in [6.45, 7) is 1.14. The van der Waals surface area contributed by atoms with Crippen molar-refractivity contribution in [3.05, 3.63) is 58.2 Å². The highest BCUT2D eigenvalue weighted by molar-refractivity contribution is 9.10. The summed E-state index contributed by atoms with van der Waals surface area (Å²) in [5.74, 6) is 0.600. The van der Waals surface area contributed by atoms with E-state index in [0.29, 0.717) is 19.0 Å². The van der Waals surface area contributed by atoms with Gasteiger partial charge < -0.3 is 15.2 Å². The molecule has 2 rings (SSSR count). The number of halogens is 1. The van der Waals surface area contributed by atoms with Gasteiger partial charge >= 0.3 is 0 Å². The van der Waals surface area contributed by atoms with Crippen molar-refractivity contribution in [2.75, 3.05) is 13.7 Å². The lowest BCUT2D eigenvalue weighted by atomic mass is 10.1. The topological polar surface area (TPSA) is 54.4 Å². The first kappa shape index (κ1) is 15.0. The van der Waals surface area contributed by atoms with Gasteiger partial charge in [0.1, 0.15) is 0 Å². The Morgan fingerprint density at radius 2 is 2.20 bits per heavy atom. The fourth-order valence-electron chi connectivity index (χ4n) is 1.82. The van der Waals surface area contributed by atoms with Crippen LogP contribution in [0, 0.1) is 0 Å². The first-order valence-corrected chi connectivity index (χ1v) is 7.11. The van der Waals surface area contributed by atoms with E-state index in [9.17, 15) is 5.11 Å². The predicted molar refractivity (Wildman–Crippen MR) is 81.6 cm³/mol. The molecule has 2 aromatic rings. The van der Waals surface area contributed by atoms with Crippen molar-refractivity contribution in [2.24, 2.45) is 0 Å². The second-order valence-electron chi connectivity index (χ2n) is 4.41. The quantitative estimate of drug-likeness (QED) is 0.851. The number of ether oxygens (including phenoxy) is 1. The molecule has 0 aliphatic rings. The highest BCUT2D eigenvalue weighted by Gasteiger charge is 2.07. The Morgan fingerprint density at radius 1 is 1.35 bits per heavy atom. The van der Waals surface area contributed by atoms with Crippen molar-refractivity contribution in [1.82, 2.24) is 10.3 Å². The number of hydrogen-bond donors (Lipinski definition) is 2. The molecular formula is C15H17BrN2O2. The van der Waals surface area contributed by atoms with E-state index in [4.69, 9.17) is 4.74 Å². The molecule has 0 spiro atoms. The number of benzene rings is 1. The zero-order valence-electron chi connectivity index (χ0n) is 11.2. The third-order valence-corrected chi connectivity index (χ3v) is 3.40. The van der Waals surface area contributed by atoms with E-state index in [1.807, 2.05) is 36.4 Å². The van der Waals surface area contributed by atoms with Crippen LogP contribution in [0.2, 0.25) is 0 Å². The maximum absolute atomic E-state index is 10.1. The molecular weight excluding hydrogens is 320 g/mol. The zero-order valence-corrected chi connectivity index (χ0v) is 12.8. The number of aromatic nitrogens is 1. The van der Waals surface area contributed by atoms with Gasteiger partial charge in [-0.25, -0.2) is 4.98 Å². The van der Waals surface area contributed by atoms with Crippen molar-refractivity contribution in [1.29, 1.82) is 0 Å². The molecule has 1 aromatic carbocycles. The van der Waals surface area contributed by atoms with Crippen LogP contribution in [0.15, 0.2) is 47.1 Å². The highest BCUT2D eigenvalue weighted by atomic mass is 79.9. The lowest BCUT2D eigenvalue weighted by molar-refractivity contribution is 0.174. The standard InChI is InChI=1S/C15H17BrN2O2/c1-20-15-6-5-11(9-18-15)8-17-10-14(19)12-3-2-4-13(16)7-12/h2-7,9,14,17,19H,8,10H2,1H3. The zero-order chi connectivity index (χ0) is 14.4. The average molecular weight is 337 g/mol. The van der Waals surface area contributed by atoms with Gasteiger partial charge in [-0.05, 0) is 23.3 Å². The monoisotopic (exact) mass is 336 g/mol. The first-order chi connectivity index (χ1) is 9.69. The maximum Gasteiger partial charge on any atom is 0.212 e. The van der Waals surface area contributed by atoms with E-state index < -0.39 is 6.10 Å². The van der Waals surface area contributed by atoms with Gasteiger partial charge in [0, 0.05) is 29.8 Å². The average Bonchev–Trinajstić information content (AvgIpc) is 2.48. The number of hydrogen-bond acceptors (Lipinski definition) is 4. The van der Waals surface area contributed by atoms with Gasteiger partial charge in [0.05, 0.1) is 13.2 Å². The molecule has 2 N–H and O–H groups in total. The lowest BCUT2D eigenvalue weighted by Crippen LogP contribution is -2.21. The Labute approximate surface area is 126 Å². The van der Waals surface area contributed by atoms with Crippen LogP contribution >= 0.6 is 15.9 Å². The maximum atomic E-state index is 10.1. The van der Waals surface area contributed by atoms with E-state index in [2.05, 4.69) is 26.2 Å². The Hall–Kier alpha value is -1.43. The number of pyridine rings is 1. The smallest absolute Gasteiger partial charge is 0.212 e. The van der Waals surface area contributed by atoms with Crippen molar-refractivity contribution >= 4 is 15.9 Å². The summed E-state index contributed by atoms with van der Waals surface area (Å²) >= 11 is 3.40. The minimum Gasteiger partial charge on any atom is -0.481 e. The minimum absolute atomic E-state index is 0.489. The van der Waals surface area contributed by atoms with Crippen LogP contribution in [-0.2, 0) is 6.54 Å². The van der Waals surface area contributed by atoms with Crippen LogP contribution < -0.4 is 10.1 Å². The van der Waals surface area contributed by atoms with Crippen LogP contribution in [0.3, 0.4) is 0 Å². The molecule has 1 atom stereocenters. The molecule has 4 nitrogen and oxygen atoms in total. The first-order valence-electron chi connectivity index (χ1n) is 6.32. The van der Waals surface area contributed by atoms with Gasteiger partial charge in [-0.2, -0.15) is 0 Å². The molecule has 1 aromatic heterocycles. The van der Waals surface area contributed by atoms with E-state index in [-0.39, 0.29) is 0 Å².